The van der Waals surface area contributed by atoms with Crippen molar-refractivity contribution in [2.24, 2.45) is 10.2 Å². The number of rotatable bonds is 3. The van der Waals surface area contributed by atoms with Gasteiger partial charge in [0.2, 0.25) is 0 Å². The van der Waals surface area contributed by atoms with Crippen molar-refractivity contribution in [1.29, 1.82) is 0 Å². The van der Waals surface area contributed by atoms with Crippen molar-refractivity contribution in [2.75, 3.05) is 7.11 Å². The normalized spacial score (nSPS) is 18.2. The molecule has 2 rings (SSSR count). The molecule has 25 heavy (non-hydrogen) atoms. The molecule has 132 valence electrons. The van der Waals surface area contributed by atoms with Crippen LogP contribution in [0.25, 0.3) is 0 Å². The van der Waals surface area contributed by atoms with E-state index in [1.54, 1.807) is 0 Å². The highest BCUT2D eigenvalue weighted by atomic mass is 32.2. The lowest BCUT2D eigenvalue weighted by molar-refractivity contribution is -0.138. The minimum Gasteiger partial charge on any atom is -0.466 e. The lowest BCUT2D eigenvalue weighted by atomic mass is 10.1. The number of halogens is 3. The van der Waals surface area contributed by atoms with Gasteiger partial charge in [-0.3, -0.25) is 10.1 Å². The van der Waals surface area contributed by atoms with E-state index in [0.29, 0.717) is 0 Å². The van der Waals surface area contributed by atoms with Gasteiger partial charge in [-0.25, -0.2) is 4.79 Å². The van der Waals surface area contributed by atoms with Crippen LogP contribution in [0, 0.1) is 6.92 Å². The van der Waals surface area contributed by atoms with Crippen molar-refractivity contribution in [3.8, 4) is 0 Å². The number of hydrogen-bond donors (Lipinski definition) is 1. The summed E-state index contributed by atoms with van der Waals surface area (Å²) >= 11 is 0.863. The van der Waals surface area contributed by atoms with Crippen molar-refractivity contribution in [3.63, 3.8) is 0 Å². The fourth-order valence-corrected chi connectivity index (χ4v) is 2.55. The van der Waals surface area contributed by atoms with Crippen molar-refractivity contribution in [2.45, 2.75) is 13.1 Å². The number of alkyl halides is 3. The maximum Gasteiger partial charge on any atom is 0.416 e. The number of carbonyl (C=O) groups excluding carboxylic acids is 2. The quantitative estimate of drug-likeness (QED) is 0.383. The Morgan fingerprint density at radius 2 is 2.08 bits per heavy atom. The van der Waals surface area contributed by atoms with Crippen molar-refractivity contribution in [1.82, 2.24) is 5.32 Å². The number of nitrogens with one attached hydrogen (secondary N) is 1. The van der Waals surface area contributed by atoms with Gasteiger partial charge in [-0.05, 0) is 35.9 Å². The minimum atomic E-state index is -4.46. The molecule has 1 amide bonds. The van der Waals surface area contributed by atoms with Crippen LogP contribution in [0.1, 0.15) is 16.7 Å². The summed E-state index contributed by atoms with van der Waals surface area (Å²) in [5.41, 5.74) is -0.440. The van der Waals surface area contributed by atoms with Crippen LogP contribution in [-0.4, -0.2) is 30.4 Å². The smallest absolute Gasteiger partial charge is 0.416 e. The molecule has 0 spiro atoms. The molecule has 0 aliphatic carbocycles. The molecule has 1 aliphatic heterocycles. The number of methoxy groups -OCH3 is 1. The minimum absolute atomic E-state index is 0.0792. The Bertz CT molecular complexity index is 801. The number of carbonyl (C=O) groups is 2. The van der Waals surface area contributed by atoms with Gasteiger partial charge in [0.15, 0.2) is 5.17 Å². The molecule has 1 saturated heterocycles. The molecule has 1 aromatic rings. The van der Waals surface area contributed by atoms with E-state index in [2.05, 4.69) is 20.3 Å². The number of thioether (sulfide) groups is 1. The summed E-state index contributed by atoms with van der Waals surface area (Å²) in [5, 5.41) is 9.84. The molecular formula is C15H12F3N3O3S. The molecule has 1 fully saturated rings. The van der Waals surface area contributed by atoms with E-state index in [1.807, 2.05) is 0 Å². The highest BCUT2D eigenvalue weighted by molar-refractivity contribution is 8.18. The van der Waals surface area contributed by atoms with Crippen molar-refractivity contribution < 1.29 is 27.5 Å². The van der Waals surface area contributed by atoms with Crippen LogP contribution in [0.4, 0.5) is 13.2 Å². The number of hydrogen-bond acceptors (Lipinski definition) is 6. The molecule has 0 bridgehead atoms. The zero-order valence-electron chi connectivity index (χ0n) is 13.0. The number of nitrogens with zero attached hydrogens (tertiary/aromatic N) is 2. The number of amidine groups is 1. The second kappa shape index (κ2) is 7.51. The first-order valence-electron chi connectivity index (χ1n) is 6.78. The highest BCUT2D eigenvalue weighted by Gasteiger charge is 2.32. The fraction of sp³-hybridized carbons (Fsp3) is 0.200. The fourth-order valence-electron chi connectivity index (χ4n) is 1.81. The first-order chi connectivity index (χ1) is 11.7. The van der Waals surface area contributed by atoms with Gasteiger partial charge in [-0.15, -0.1) is 5.10 Å². The molecule has 1 heterocycles. The highest BCUT2D eigenvalue weighted by Crippen LogP contribution is 2.32. The third-order valence-electron chi connectivity index (χ3n) is 3.02. The van der Waals surface area contributed by atoms with Gasteiger partial charge in [0.25, 0.3) is 5.91 Å². The topological polar surface area (TPSA) is 80.1 Å². The Labute approximate surface area is 144 Å². The Hall–Kier alpha value is -2.62. The molecule has 0 aromatic heterocycles. The number of benzene rings is 1. The lowest BCUT2D eigenvalue weighted by Crippen LogP contribution is -2.19. The Kier molecular flexibility index (Phi) is 5.62. The van der Waals surface area contributed by atoms with Gasteiger partial charge < -0.3 is 4.74 Å². The Morgan fingerprint density at radius 3 is 2.72 bits per heavy atom. The average molecular weight is 371 g/mol. The van der Waals surface area contributed by atoms with Crippen molar-refractivity contribution >= 4 is 35.0 Å². The van der Waals surface area contributed by atoms with E-state index in [-0.39, 0.29) is 21.2 Å². The summed E-state index contributed by atoms with van der Waals surface area (Å²) in [4.78, 5) is 22.8. The summed E-state index contributed by atoms with van der Waals surface area (Å²) < 4.78 is 43.0. The van der Waals surface area contributed by atoms with Crippen LogP contribution in [0.15, 0.2) is 39.4 Å². The lowest BCUT2D eigenvalue weighted by Gasteiger charge is -2.10. The standard InChI is InChI=1S/C15H12F3N3O3S/c1-8-3-4-9(5-10(8)15(16,17)18)7-19-21-14-20-13(23)11(25-14)6-12(22)24-2/h3-7H,1-2H3,(H,20,21,23)/b11-6+,19-7?. The second-order valence-corrected chi connectivity index (χ2v) is 5.84. The van der Waals surface area contributed by atoms with Crippen LogP contribution in [0.5, 0.6) is 0 Å². The summed E-state index contributed by atoms with van der Waals surface area (Å²) in [5.74, 6) is -1.24. The van der Waals surface area contributed by atoms with Crippen LogP contribution in [-0.2, 0) is 20.5 Å². The molecule has 1 aliphatic rings. The van der Waals surface area contributed by atoms with Gasteiger partial charge in [-0.2, -0.15) is 18.3 Å². The molecule has 1 N–H and O–H groups in total. The van der Waals surface area contributed by atoms with E-state index in [0.717, 1.165) is 30.1 Å². The van der Waals surface area contributed by atoms with Gasteiger partial charge in [0, 0.05) is 6.08 Å². The molecule has 0 radical (unpaired) electrons. The van der Waals surface area contributed by atoms with Crippen molar-refractivity contribution in [3.05, 3.63) is 45.9 Å². The largest absolute Gasteiger partial charge is 0.466 e. The Balaban J connectivity index is 2.14. The number of amides is 1. The molecule has 6 nitrogen and oxygen atoms in total. The first kappa shape index (κ1) is 18.7. The van der Waals surface area contributed by atoms with Gasteiger partial charge in [-0.1, -0.05) is 12.1 Å². The van der Waals surface area contributed by atoms with E-state index in [4.69, 9.17) is 0 Å². The molecular weight excluding hydrogens is 359 g/mol. The van der Waals surface area contributed by atoms with E-state index < -0.39 is 23.6 Å². The summed E-state index contributed by atoms with van der Waals surface area (Å²) in [6, 6.07) is 3.76. The van der Waals surface area contributed by atoms with Gasteiger partial charge >= 0.3 is 12.1 Å². The average Bonchev–Trinajstić information content (AvgIpc) is 2.87. The van der Waals surface area contributed by atoms with Crippen LogP contribution < -0.4 is 5.32 Å². The van der Waals surface area contributed by atoms with Crippen LogP contribution in [0.3, 0.4) is 0 Å². The maximum absolute atomic E-state index is 12.8. The third kappa shape index (κ3) is 4.92. The second-order valence-electron chi connectivity index (χ2n) is 4.81. The van der Waals surface area contributed by atoms with Crippen LogP contribution >= 0.6 is 11.8 Å². The maximum atomic E-state index is 12.8. The molecule has 1 aromatic carbocycles. The predicted molar refractivity (Wildman–Crippen MR) is 87.0 cm³/mol. The van der Waals surface area contributed by atoms with Crippen LogP contribution in [0.2, 0.25) is 0 Å². The summed E-state index contributed by atoms with van der Waals surface area (Å²) in [7, 11) is 1.17. The first-order valence-corrected chi connectivity index (χ1v) is 7.60. The van der Waals surface area contributed by atoms with E-state index in [1.165, 1.54) is 26.2 Å². The number of ether oxygens (including phenoxy) is 1. The zero-order valence-corrected chi connectivity index (χ0v) is 13.9. The number of aryl methyl sites for hydroxylation is 1. The summed E-state index contributed by atoms with van der Waals surface area (Å²) in [6.45, 7) is 1.36. The molecule has 0 saturated carbocycles. The molecule has 0 unspecified atom stereocenters. The SMILES string of the molecule is COC(=O)/C=C1/S/C(=N\N=Cc2ccc(C)c(C(F)(F)F)c2)NC1=O. The predicted octanol–water partition coefficient (Wildman–Crippen LogP) is 2.62. The summed E-state index contributed by atoms with van der Waals surface area (Å²) in [6.07, 6.45) is -2.32. The van der Waals surface area contributed by atoms with Gasteiger partial charge in [0.05, 0.1) is 23.8 Å². The van der Waals surface area contributed by atoms with E-state index >= 15 is 0 Å². The Morgan fingerprint density at radius 1 is 1.36 bits per heavy atom. The monoisotopic (exact) mass is 371 g/mol. The van der Waals surface area contributed by atoms with Gasteiger partial charge in [0.1, 0.15) is 0 Å². The van der Waals surface area contributed by atoms with E-state index in [9.17, 15) is 22.8 Å². The number of esters is 1. The zero-order chi connectivity index (χ0) is 18.6. The molecule has 10 heteroatoms. The third-order valence-corrected chi connectivity index (χ3v) is 3.92. The molecule has 0 atom stereocenters.